The van der Waals surface area contributed by atoms with Gasteiger partial charge >= 0.3 is 0 Å². The zero-order chi connectivity index (χ0) is 20.7. The van der Waals surface area contributed by atoms with Crippen LogP contribution in [0.1, 0.15) is 36.0 Å². The van der Waals surface area contributed by atoms with Crippen molar-refractivity contribution in [3.63, 3.8) is 0 Å². The van der Waals surface area contributed by atoms with Gasteiger partial charge in [-0.2, -0.15) is 4.31 Å². The van der Waals surface area contributed by atoms with Gasteiger partial charge in [0.1, 0.15) is 4.90 Å². The molecule has 0 aliphatic carbocycles. The molecular formula is C18H25ClF2N2O4S. The van der Waals surface area contributed by atoms with E-state index in [1.165, 1.54) is 29.6 Å². The highest BCUT2D eigenvalue weighted by molar-refractivity contribution is 7.89. The molecule has 0 N–H and O–H groups in total. The van der Waals surface area contributed by atoms with Crippen LogP contribution in [0.15, 0.2) is 23.1 Å². The van der Waals surface area contributed by atoms with Gasteiger partial charge in [0, 0.05) is 32.3 Å². The molecular weight excluding hydrogens is 414 g/mol. The van der Waals surface area contributed by atoms with Gasteiger partial charge < -0.3 is 9.64 Å². The monoisotopic (exact) mass is 438 g/mol. The Balaban J connectivity index is 2.33. The summed E-state index contributed by atoms with van der Waals surface area (Å²) < 4.78 is 58.0. The quantitative estimate of drug-likeness (QED) is 0.624. The maximum atomic E-state index is 13.0. The summed E-state index contributed by atoms with van der Waals surface area (Å²) in [5.74, 6) is -0.693. The van der Waals surface area contributed by atoms with Crippen molar-refractivity contribution in [2.45, 2.75) is 37.0 Å². The third kappa shape index (κ3) is 5.85. The second kappa shape index (κ2) is 10.5. The van der Waals surface area contributed by atoms with Gasteiger partial charge in [0.15, 0.2) is 0 Å². The molecule has 0 bridgehead atoms. The Bertz CT molecular complexity index is 769. The standard InChI is InChI=1S/C18H25ClF2N2O4S/c1-27-11-10-22(13-17(20)21)18(24)14-6-7-15(19)16(12-14)28(25,26)23-8-4-2-3-5-9-23/h6-7,12,17H,2-5,8-11,13H2,1H3. The smallest absolute Gasteiger partial charge is 0.255 e. The zero-order valence-electron chi connectivity index (χ0n) is 15.7. The molecule has 10 heteroatoms. The number of ether oxygens (including phenoxy) is 1. The number of carbonyl (C=O) groups excluding carboxylic acids is 1. The maximum absolute atomic E-state index is 13.0. The highest BCUT2D eigenvalue weighted by Gasteiger charge is 2.29. The number of hydrogen-bond donors (Lipinski definition) is 0. The Hall–Kier alpha value is -1.29. The minimum absolute atomic E-state index is 0.00176. The summed E-state index contributed by atoms with van der Waals surface area (Å²) in [6.45, 7) is 0.0743. The molecule has 1 aromatic carbocycles. The molecule has 0 spiro atoms. The lowest BCUT2D eigenvalue weighted by atomic mass is 10.2. The summed E-state index contributed by atoms with van der Waals surface area (Å²) in [4.78, 5) is 13.5. The van der Waals surface area contributed by atoms with Crippen LogP contribution in [-0.4, -0.2) is 69.9 Å². The molecule has 0 atom stereocenters. The van der Waals surface area contributed by atoms with E-state index >= 15 is 0 Å². The van der Waals surface area contributed by atoms with E-state index in [4.69, 9.17) is 16.3 Å². The van der Waals surface area contributed by atoms with Crippen LogP contribution in [0.4, 0.5) is 8.78 Å². The maximum Gasteiger partial charge on any atom is 0.255 e. The number of nitrogens with zero attached hydrogens (tertiary/aromatic N) is 2. The Morgan fingerprint density at radius 1 is 1.25 bits per heavy atom. The highest BCUT2D eigenvalue weighted by atomic mass is 35.5. The summed E-state index contributed by atoms with van der Waals surface area (Å²) in [6, 6.07) is 3.84. The number of alkyl halides is 2. The van der Waals surface area contributed by atoms with Gasteiger partial charge in [-0.1, -0.05) is 24.4 Å². The average Bonchev–Trinajstić information content (AvgIpc) is 2.94. The normalized spacial score (nSPS) is 16.2. The van der Waals surface area contributed by atoms with Crippen molar-refractivity contribution in [2.24, 2.45) is 0 Å². The number of amides is 1. The van der Waals surface area contributed by atoms with Gasteiger partial charge in [0.2, 0.25) is 10.0 Å². The molecule has 1 amide bonds. The van der Waals surface area contributed by atoms with Crippen molar-refractivity contribution in [3.05, 3.63) is 28.8 Å². The zero-order valence-corrected chi connectivity index (χ0v) is 17.3. The number of benzene rings is 1. The van der Waals surface area contributed by atoms with E-state index in [9.17, 15) is 22.0 Å². The molecule has 1 aromatic rings. The van der Waals surface area contributed by atoms with Gasteiger partial charge in [-0.25, -0.2) is 17.2 Å². The fourth-order valence-electron chi connectivity index (χ4n) is 3.08. The van der Waals surface area contributed by atoms with Crippen LogP contribution in [0.25, 0.3) is 0 Å². The number of rotatable bonds is 8. The molecule has 1 saturated heterocycles. The average molecular weight is 439 g/mol. The van der Waals surface area contributed by atoms with Crippen LogP contribution >= 0.6 is 11.6 Å². The first kappa shape index (κ1) is 23.0. The van der Waals surface area contributed by atoms with E-state index in [-0.39, 0.29) is 28.6 Å². The van der Waals surface area contributed by atoms with Crippen LogP contribution in [0.3, 0.4) is 0 Å². The molecule has 0 saturated carbocycles. The molecule has 1 aliphatic rings. The summed E-state index contributed by atoms with van der Waals surface area (Å²) >= 11 is 6.12. The minimum Gasteiger partial charge on any atom is -0.383 e. The number of sulfonamides is 1. The third-order valence-corrected chi connectivity index (χ3v) is 6.95. The van der Waals surface area contributed by atoms with Gasteiger partial charge in [0.25, 0.3) is 12.3 Å². The van der Waals surface area contributed by atoms with Crippen molar-refractivity contribution < 1.29 is 26.7 Å². The summed E-state index contributed by atoms with van der Waals surface area (Å²) in [5.41, 5.74) is -0.00505. The van der Waals surface area contributed by atoms with E-state index in [1.807, 2.05) is 0 Å². The van der Waals surface area contributed by atoms with E-state index in [1.54, 1.807) is 0 Å². The van der Waals surface area contributed by atoms with Gasteiger partial charge in [-0.05, 0) is 31.0 Å². The molecule has 2 rings (SSSR count). The molecule has 1 heterocycles. The van der Waals surface area contributed by atoms with Gasteiger partial charge in [-0.15, -0.1) is 0 Å². The van der Waals surface area contributed by atoms with E-state index in [2.05, 4.69) is 0 Å². The van der Waals surface area contributed by atoms with Gasteiger partial charge in [-0.3, -0.25) is 4.79 Å². The summed E-state index contributed by atoms with van der Waals surface area (Å²) in [6.07, 6.45) is 0.720. The largest absolute Gasteiger partial charge is 0.383 e. The summed E-state index contributed by atoms with van der Waals surface area (Å²) in [5, 5.41) is -0.00176. The summed E-state index contributed by atoms with van der Waals surface area (Å²) in [7, 11) is -2.48. The van der Waals surface area contributed by atoms with Crippen molar-refractivity contribution in [1.82, 2.24) is 9.21 Å². The molecule has 0 unspecified atom stereocenters. The third-order valence-electron chi connectivity index (χ3n) is 4.57. The predicted octanol–water partition coefficient (Wildman–Crippen LogP) is 3.26. The fraction of sp³-hybridized carbons (Fsp3) is 0.611. The van der Waals surface area contributed by atoms with Crippen molar-refractivity contribution >= 4 is 27.5 Å². The highest BCUT2D eigenvalue weighted by Crippen LogP contribution is 2.28. The van der Waals surface area contributed by atoms with E-state index in [0.29, 0.717) is 13.1 Å². The van der Waals surface area contributed by atoms with Crippen molar-refractivity contribution in [3.8, 4) is 0 Å². The molecule has 1 aliphatic heterocycles. The first-order chi connectivity index (χ1) is 13.3. The SMILES string of the molecule is COCCN(CC(F)F)C(=O)c1ccc(Cl)c(S(=O)(=O)N2CCCCCC2)c1. The first-order valence-corrected chi connectivity index (χ1v) is 10.9. The number of carbonyl (C=O) groups is 1. The second-order valence-corrected chi connectivity index (χ2v) is 8.91. The molecule has 0 aromatic heterocycles. The fourth-order valence-corrected chi connectivity index (χ4v) is 5.10. The van der Waals surface area contributed by atoms with Crippen LogP contribution in [0, 0.1) is 0 Å². The van der Waals surface area contributed by atoms with E-state index in [0.717, 1.165) is 30.6 Å². The second-order valence-electron chi connectivity index (χ2n) is 6.60. The lowest BCUT2D eigenvalue weighted by Crippen LogP contribution is -2.37. The predicted molar refractivity (Wildman–Crippen MR) is 102 cm³/mol. The Morgan fingerprint density at radius 2 is 1.89 bits per heavy atom. The van der Waals surface area contributed by atoms with Crippen molar-refractivity contribution in [1.29, 1.82) is 0 Å². The topological polar surface area (TPSA) is 66.9 Å². The lowest BCUT2D eigenvalue weighted by molar-refractivity contribution is 0.0478. The number of halogens is 3. The first-order valence-electron chi connectivity index (χ1n) is 9.13. The van der Waals surface area contributed by atoms with Crippen LogP contribution < -0.4 is 0 Å². The van der Waals surface area contributed by atoms with E-state index < -0.39 is 28.9 Å². The molecule has 28 heavy (non-hydrogen) atoms. The number of hydrogen-bond acceptors (Lipinski definition) is 4. The molecule has 1 fully saturated rings. The van der Waals surface area contributed by atoms with Crippen molar-refractivity contribution in [2.75, 3.05) is 39.9 Å². The Morgan fingerprint density at radius 3 is 2.46 bits per heavy atom. The molecule has 0 radical (unpaired) electrons. The number of methoxy groups -OCH3 is 1. The Kier molecular flexibility index (Phi) is 8.60. The lowest BCUT2D eigenvalue weighted by Gasteiger charge is -2.23. The van der Waals surface area contributed by atoms with Gasteiger partial charge in [0.05, 0.1) is 18.2 Å². The van der Waals surface area contributed by atoms with Crippen LogP contribution in [0.2, 0.25) is 5.02 Å². The molecule has 158 valence electrons. The molecule has 6 nitrogen and oxygen atoms in total. The van der Waals surface area contributed by atoms with Crippen LogP contribution in [-0.2, 0) is 14.8 Å². The minimum atomic E-state index is -3.88. The van der Waals surface area contributed by atoms with Crippen LogP contribution in [0.5, 0.6) is 0 Å². The Labute approximate surface area is 169 Å².